The van der Waals surface area contributed by atoms with E-state index in [1.165, 1.54) is 24.1 Å². The highest BCUT2D eigenvalue weighted by Gasteiger charge is 2.63. The average molecular weight is 751 g/mol. The van der Waals surface area contributed by atoms with Gasteiger partial charge in [0.15, 0.2) is 30.6 Å². The molecular weight excluding hydrogens is 703 g/mol. The van der Waals surface area contributed by atoms with E-state index in [0.29, 0.717) is 21.8 Å². The fraction of sp³-hybridized carbons (Fsp3) is 0.526. The number of carbonyl (C=O) groups is 5. The van der Waals surface area contributed by atoms with Gasteiger partial charge < -0.3 is 33.3 Å². The lowest BCUT2D eigenvalue weighted by Crippen LogP contribution is -2.55. The van der Waals surface area contributed by atoms with E-state index in [0.717, 1.165) is 37.6 Å². The predicted octanol–water partition coefficient (Wildman–Crippen LogP) is 4.33. The standard InChI is InChI=1S/C38H47FN6O9/c1-9-41-14-16-42(17-15-41)28-13-12-25-24(40-28)18-27(54-25)38(20-43-19-23-10-11-26(51-8)30(39)29(23)31(43)46)32(47)44(21-52-33(48)36(2,3)4)35(50)45(38)22-53-34(49)37(5,6)7/h10-13,18H,9,14-17,19-22H2,1-8H3/t38-/m0/s1. The number of imide groups is 1. The first kappa shape index (κ1) is 38.5. The Labute approximate surface area is 312 Å². The number of aromatic nitrogens is 1. The molecule has 0 radical (unpaired) electrons. The number of hydrogen-bond acceptors (Lipinski definition) is 12. The van der Waals surface area contributed by atoms with Gasteiger partial charge in [0, 0.05) is 38.8 Å². The van der Waals surface area contributed by atoms with E-state index in [2.05, 4.69) is 16.7 Å². The van der Waals surface area contributed by atoms with Crippen molar-refractivity contribution in [2.75, 3.05) is 64.7 Å². The van der Waals surface area contributed by atoms with Gasteiger partial charge in [0.25, 0.3) is 11.8 Å². The lowest BCUT2D eigenvalue weighted by molar-refractivity contribution is -0.161. The number of hydrogen-bond donors (Lipinski definition) is 0. The summed E-state index contributed by atoms with van der Waals surface area (Å²) in [6.07, 6.45) is 0. The number of methoxy groups -OCH3 is 1. The summed E-state index contributed by atoms with van der Waals surface area (Å²) in [4.78, 5) is 81.5. The lowest BCUT2D eigenvalue weighted by atomic mass is 9.93. The molecule has 3 aromatic rings. The number of esters is 2. The minimum Gasteiger partial charge on any atom is -0.494 e. The molecule has 0 saturated carbocycles. The number of nitrogens with zero attached hydrogens (tertiary/aromatic N) is 6. The third-order valence-corrected chi connectivity index (χ3v) is 10.0. The molecule has 15 nitrogen and oxygen atoms in total. The normalized spacial score (nSPS) is 19.6. The van der Waals surface area contributed by atoms with Crippen molar-refractivity contribution >= 4 is 46.7 Å². The van der Waals surface area contributed by atoms with Crippen LogP contribution in [0, 0.1) is 16.6 Å². The van der Waals surface area contributed by atoms with Crippen LogP contribution in [0.2, 0.25) is 0 Å². The zero-order valence-corrected chi connectivity index (χ0v) is 32.0. The Morgan fingerprint density at radius 3 is 2.19 bits per heavy atom. The number of rotatable bonds is 10. The predicted molar refractivity (Wildman–Crippen MR) is 193 cm³/mol. The van der Waals surface area contributed by atoms with Crippen LogP contribution < -0.4 is 9.64 Å². The highest BCUT2D eigenvalue weighted by Crippen LogP contribution is 2.43. The van der Waals surface area contributed by atoms with E-state index in [1.54, 1.807) is 53.7 Å². The number of pyridine rings is 1. The maximum atomic E-state index is 15.5. The Morgan fingerprint density at radius 1 is 0.926 bits per heavy atom. The minimum atomic E-state index is -2.19. The van der Waals surface area contributed by atoms with Gasteiger partial charge in [-0.2, -0.15) is 0 Å². The van der Waals surface area contributed by atoms with Crippen molar-refractivity contribution in [2.45, 2.75) is 60.5 Å². The molecule has 1 aromatic carbocycles. The second-order valence-electron chi connectivity index (χ2n) is 15.8. The first-order valence-electron chi connectivity index (χ1n) is 17.9. The first-order chi connectivity index (χ1) is 25.4. The van der Waals surface area contributed by atoms with Gasteiger partial charge in [-0.1, -0.05) is 13.0 Å². The van der Waals surface area contributed by atoms with Crippen molar-refractivity contribution in [3.8, 4) is 5.75 Å². The molecule has 4 amide bonds. The molecule has 2 saturated heterocycles. The Kier molecular flexibility index (Phi) is 10.1. The van der Waals surface area contributed by atoms with Crippen molar-refractivity contribution in [3.05, 3.63) is 53.0 Å². The van der Waals surface area contributed by atoms with E-state index in [9.17, 15) is 24.0 Å². The molecule has 6 rings (SSSR count). The van der Waals surface area contributed by atoms with Crippen LogP contribution in [0.15, 0.2) is 34.7 Å². The average Bonchev–Trinajstić information content (AvgIpc) is 3.76. The monoisotopic (exact) mass is 750 g/mol. The first-order valence-corrected chi connectivity index (χ1v) is 17.9. The Hall–Kier alpha value is -5.25. The summed E-state index contributed by atoms with van der Waals surface area (Å²) in [7, 11) is 1.28. The maximum Gasteiger partial charge on any atom is 0.333 e. The van der Waals surface area contributed by atoms with Crippen molar-refractivity contribution in [1.82, 2.24) is 24.6 Å². The van der Waals surface area contributed by atoms with Crippen LogP contribution in [0.5, 0.6) is 5.75 Å². The maximum absolute atomic E-state index is 15.5. The molecule has 0 spiro atoms. The number of carbonyl (C=O) groups excluding carboxylic acids is 5. The molecule has 3 aliphatic heterocycles. The van der Waals surface area contributed by atoms with Gasteiger partial charge in [-0.05, 0) is 71.8 Å². The molecule has 290 valence electrons. The van der Waals surface area contributed by atoms with E-state index < -0.39 is 72.0 Å². The molecular formula is C38H47FN6O9. The molecule has 3 aliphatic rings. The van der Waals surface area contributed by atoms with Gasteiger partial charge in [-0.3, -0.25) is 24.1 Å². The van der Waals surface area contributed by atoms with E-state index >= 15 is 4.39 Å². The summed E-state index contributed by atoms with van der Waals surface area (Å²) in [5.41, 5.74) is -3.37. The van der Waals surface area contributed by atoms with Gasteiger partial charge in [0.1, 0.15) is 17.1 Å². The topological polar surface area (TPSA) is 155 Å². The number of furan rings is 1. The number of amides is 4. The number of piperazine rings is 1. The third-order valence-electron chi connectivity index (χ3n) is 10.0. The summed E-state index contributed by atoms with van der Waals surface area (Å²) in [5, 5.41) is 0. The van der Waals surface area contributed by atoms with Crippen LogP contribution in [-0.4, -0.2) is 114 Å². The van der Waals surface area contributed by atoms with Gasteiger partial charge in [0.2, 0.25) is 5.54 Å². The Morgan fingerprint density at radius 2 is 1.57 bits per heavy atom. The smallest absolute Gasteiger partial charge is 0.333 e. The number of likely N-dealkylation sites (N-methyl/N-ethyl adjacent to an activating group) is 1. The van der Waals surface area contributed by atoms with Crippen LogP contribution in [-0.2, 0) is 35.9 Å². The van der Waals surface area contributed by atoms with E-state index in [-0.39, 0.29) is 29.2 Å². The van der Waals surface area contributed by atoms with Crippen LogP contribution in [0.4, 0.5) is 15.0 Å². The quantitative estimate of drug-likeness (QED) is 0.214. The summed E-state index contributed by atoms with van der Waals surface area (Å²) >= 11 is 0. The molecule has 0 aliphatic carbocycles. The van der Waals surface area contributed by atoms with Crippen molar-refractivity contribution in [3.63, 3.8) is 0 Å². The van der Waals surface area contributed by atoms with Gasteiger partial charge in [0.05, 0.1) is 30.0 Å². The lowest BCUT2D eigenvalue weighted by Gasteiger charge is -2.36. The molecule has 0 bridgehead atoms. The number of ether oxygens (including phenoxy) is 3. The van der Waals surface area contributed by atoms with E-state index in [4.69, 9.17) is 23.6 Å². The minimum absolute atomic E-state index is 0.0884. The summed E-state index contributed by atoms with van der Waals surface area (Å²) < 4.78 is 38.1. The number of halogens is 1. The van der Waals surface area contributed by atoms with Gasteiger partial charge in [-0.15, -0.1) is 0 Å². The molecule has 54 heavy (non-hydrogen) atoms. The second kappa shape index (κ2) is 14.2. The molecule has 5 heterocycles. The van der Waals surface area contributed by atoms with Crippen LogP contribution in [0.3, 0.4) is 0 Å². The molecule has 1 atom stereocenters. The number of urea groups is 1. The molecule has 0 unspecified atom stereocenters. The molecule has 16 heteroatoms. The number of anilines is 1. The summed E-state index contributed by atoms with van der Waals surface area (Å²) in [6, 6.07) is 7.03. The van der Waals surface area contributed by atoms with Crippen LogP contribution in [0.25, 0.3) is 11.1 Å². The molecule has 2 fully saturated rings. The zero-order chi connectivity index (χ0) is 39.3. The SMILES string of the molecule is CCN1CCN(c2ccc3oc([C@@]4(CN5Cc6ccc(OC)c(F)c6C5=O)C(=O)N(COC(=O)C(C)(C)C)C(=O)N4COC(=O)C(C)(C)C)cc3n2)CC1. The zero-order valence-electron chi connectivity index (χ0n) is 32.0. The van der Waals surface area contributed by atoms with Gasteiger partial charge in [-0.25, -0.2) is 19.1 Å². The van der Waals surface area contributed by atoms with E-state index in [1.807, 2.05) is 6.07 Å². The summed E-state index contributed by atoms with van der Waals surface area (Å²) in [6.45, 7) is 13.9. The Balaban J connectivity index is 1.46. The molecule has 2 aromatic heterocycles. The fourth-order valence-electron chi connectivity index (χ4n) is 6.71. The largest absolute Gasteiger partial charge is 0.494 e. The van der Waals surface area contributed by atoms with Crippen molar-refractivity contribution in [2.24, 2.45) is 10.8 Å². The van der Waals surface area contributed by atoms with Crippen molar-refractivity contribution < 1.29 is 47.0 Å². The fourth-order valence-corrected chi connectivity index (χ4v) is 6.71. The molecule has 0 N–H and O–H groups in total. The number of fused-ring (bicyclic) bond motifs is 2. The van der Waals surface area contributed by atoms with Crippen LogP contribution in [0.1, 0.15) is 70.1 Å². The third kappa shape index (κ3) is 6.82. The highest BCUT2D eigenvalue weighted by molar-refractivity contribution is 6.08. The highest BCUT2D eigenvalue weighted by atomic mass is 19.1. The van der Waals surface area contributed by atoms with Crippen LogP contribution >= 0.6 is 0 Å². The number of benzene rings is 1. The van der Waals surface area contributed by atoms with Gasteiger partial charge >= 0.3 is 18.0 Å². The second-order valence-corrected chi connectivity index (χ2v) is 15.8. The summed E-state index contributed by atoms with van der Waals surface area (Å²) in [5.74, 6) is -3.43. The Bertz CT molecular complexity index is 1990. The van der Waals surface area contributed by atoms with Crippen molar-refractivity contribution in [1.29, 1.82) is 0 Å².